The lowest BCUT2D eigenvalue weighted by Crippen LogP contribution is -2.41. The lowest BCUT2D eigenvalue weighted by atomic mass is 9.97. The Morgan fingerprint density at radius 3 is 2.56 bits per heavy atom. The molecule has 0 amide bonds. The molecule has 0 aromatic rings. The molecule has 1 heterocycles. The van der Waals surface area contributed by atoms with Crippen molar-refractivity contribution in [1.29, 1.82) is 0 Å². The molecule has 16 heavy (non-hydrogen) atoms. The highest BCUT2D eigenvalue weighted by Gasteiger charge is 2.24. The second-order valence-electron chi connectivity index (χ2n) is 6.88. The van der Waals surface area contributed by atoms with Crippen molar-refractivity contribution in [3.8, 4) is 0 Å². The molecular weight excluding hydrogens is 196 g/mol. The summed E-state index contributed by atoms with van der Waals surface area (Å²) < 4.78 is 0. The van der Waals surface area contributed by atoms with Gasteiger partial charge >= 0.3 is 0 Å². The molecule has 0 unspecified atom stereocenters. The van der Waals surface area contributed by atoms with Crippen molar-refractivity contribution in [3.63, 3.8) is 0 Å². The normalized spacial score (nSPS) is 23.2. The van der Waals surface area contributed by atoms with Crippen molar-refractivity contribution in [1.82, 2.24) is 10.2 Å². The number of nitrogens with zero attached hydrogens (tertiary/aromatic N) is 1. The highest BCUT2D eigenvalue weighted by atomic mass is 15.2. The van der Waals surface area contributed by atoms with Crippen LogP contribution in [0, 0.1) is 11.3 Å². The van der Waals surface area contributed by atoms with Crippen LogP contribution >= 0.6 is 0 Å². The van der Waals surface area contributed by atoms with Crippen molar-refractivity contribution in [2.45, 2.75) is 53.5 Å². The van der Waals surface area contributed by atoms with E-state index in [1.54, 1.807) is 0 Å². The number of likely N-dealkylation sites (tertiary alicyclic amines) is 1. The molecule has 1 atom stereocenters. The zero-order chi connectivity index (χ0) is 12.2. The smallest absolute Gasteiger partial charge is 0.0221 e. The van der Waals surface area contributed by atoms with E-state index in [4.69, 9.17) is 0 Å². The van der Waals surface area contributed by atoms with Gasteiger partial charge in [0.25, 0.3) is 0 Å². The Labute approximate surface area is 102 Å². The maximum absolute atomic E-state index is 3.63. The Balaban J connectivity index is 2.25. The van der Waals surface area contributed by atoms with Gasteiger partial charge in [-0.1, -0.05) is 34.6 Å². The van der Waals surface area contributed by atoms with E-state index in [9.17, 15) is 0 Å². The van der Waals surface area contributed by atoms with Crippen LogP contribution in [0.15, 0.2) is 0 Å². The fraction of sp³-hybridized carbons (Fsp3) is 1.00. The summed E-state index contributed by atoms with van der Waals surface area (Å²) >= 11 is 0. The van der Waals surface area contributed by atoms with E-state index in [2.05, 4.69) is 44.8 Å². The Hall–Kier alpha value is -0.0800. The number of hydrogen-bond donors (Lipinski definition) is 1. The van der Waals surface area contributed by atoms with Crippen LogP contribution in [0.3, 0.4) is 0 Å². The Morgan fingerprint density at radius 2 is 2.00 bits per heavy atom. The minimum atomic E-state index is 0.404. The van der Waals surface area contributed by atoms with Crippen molar-refractivity contribution >= 4 is 0 Å². The van der Waals surface area contributed by atoms with Gasteiger partial charge in [0.05, 0.1) is 0 Å². The summed E-state index contributed by atoms with van der Waals surface area (Å²) in [7, 11) is 0. The molecule has 1 fully saturated rings. The first kappa shape index (κ1) is 14.0. The van der Waals surface area contributed by atoms with Gasteiger partial charge < -0.3 is 5.32 Å². The van der Waals surface area contributed by atoms with Crippen LogP contribution in [0.1, 0.15) is 47.5 Å². The second-order valence-corrected chi connectivity index (χ2v) is 6.88. The van der Waals surface area contributed by atoms with Crippen LogP contribution in [0.2, 0.25) is 0 Å². The van der Waals surface area contributed by atoms with Gasteiger partial charge in [0.15, 0.2) is 0 Å². The average molecular weight is 226 g/mol. The van der Waals surface area contributed by atoms with Crippen LogP contribution in [-0.2, 0) is 0 Å². The fourth-order valence-electron chi connectivity index (χ4n) is 2.45. The number of hydrogen-bond acceptors (Lipinski definition) is 2. The predicted molar refractivity (Wildman–Crippen MR) is 71.8 cm³/mol. The van der Waals surface area contributed by atoms with Crippen LogP contribution in [0.5, 0.6) is 0 Å². The van der Waals surface area contributed by atoms with E-state index in [0.29, 0.717) is 5.41 Å². The summed E-state index contributed by atoms with van der Waals surface area (Å²) in [5, 5.41) is 3.63. The Kier molecular flexibility index (Phi) is 5.26. The van der Waals surface area contributed by atoms with Gasteiger partial charge in [-0.25, -0.2) is 0 Å². The topological polar surface area (TPSA) is 15.3 Å². The molecular formula is C14H30N2. The first-order valence-corrected chi connectivity index (χ1v) is 6.83. The van der Waals surface area contributed by atoms with Crippen LogP contribution in [0.25, 0.3) is 0 Å². The Morgan fingerprint density at radius 1 is 1.31 bits per heavy atom. The Bertz CT molecular complexity index is 193. The third-order valence-corrected chi connectivity index (χ3v) is 3.13. The van der Waals surface area contributed by atoms with Gasteiger partial charge in [0, 0.05) is 25.7 Å². The largest absolute Gasteiger partial charge is 0.315 e. The summed E-state index contributed by atoms with van der Waals surface area (Å²) in [6, 6.07) is 0.782. The molecule has 0 aliphatic carbocycles. The molecule has 0 spiro atoms. The van der Waals surface area contributed by atoms with Crippen molar-refractivity contribution in [2.24, 2.45) is 11.3 Å². The molecule has 1 saturated heterocycles. The van der Waals surface area contributed by atoms with E-state index in [1.165, 1.54) is 32.5 Å². The quantitative estimate of drug-likeness (QED) is 0.775. The standard InChI is InChI=1S/C14H30N2/c1-12(2)10-16-8-6-7-13(16)9-15-11-14(3,4)5/h12-13,15H,6-11H2,1-5H3/t13-/m0/s1. The molecule has 1 aliphatic rings. The molecule has 96 valence electrons. The van der Waals surface area contributed by atoms with E-state index in [-0.39, 0.29) is 0 Å². The van der Waals surface area contributed by atoms with E-state index >= 15 is 0 Å². The summed E-state index contributed by atoms with van der Waals surface area (Å²) in [6.07, 6.45) is 2.76. The molecule has 1 aliphatic heterocycles. The minimum Gasteiger partial charge on any atom is -0.315 e. The van der Waals surface area contributed by atoms with Crippen LogP contribution in [0.4, 0.5) is 0 Å². The molecule has 1 rings (SSSR count). The van der Waals surface area contributed by atoms with Gasteiger partial charge in [0.1, 0.15) is 0 Å². The highest BCUT2D eigenvalue weighted by Crippen LogP contribution is 2.18. The SMILES string of the molecule is CC(C)CN1CCC[C@H]1CNCC(C)(C)C. The lowest BCUT2D eigenvalue weighted by molar-refractivity contribution is 0.216. The molecule has 2 nitrogen and oxygen atoms in total. The van der Waals surface area contributed by atoms with Gasteiger partial charge in [0.2, 0.25) is 0 Å². The minimum absolute atomic E-state index is 0.404. The third-order valence-electron chi connectivity index (χ3n) is 3.13. The summed E-state index contributed by atoms with van der Waals surface area (Å²) in [5.74, 6) is 0.795. The average Bonchev–Trinajstić information content (AvgIpc) is 2.49. The predicted octanol–water partition coefficient (Wildman–Crippen LogP) is 2.74. The summed E-state index contributed by atoms with van der Waals surface area (Å²) in [5.41, 5.74) is 0.404. The highest BCUT2D eigenvalue weighted by molar-refractivity contribution is 4.82. The van der Waals surface area contributed by atoms with Gasteiger partial charge in [-0.05, 0) is 30.7 Å². The van der Waals surface area contributed by atoms with E-state index in [0.717, 1.165) is 18.5 Å². The molecule has 0 saturated carbocycles. The maximum atomic E-state index is 3.63. The molecule has 0 aromatic heterocycles. The summed E-state index contributed by atoms with van der Waals surface area (Å²) in [6.45, 7) is 16.4. The van der Waals surface area contributed by atoms with Gasteiger partial charge in [-0.2, -0.15) is 0 Å². The monoisotopic (exact) mass is 226 g/mol. The van der Waals surface area contributed by atoms with Crippen LogP contribution in [-0.4, -0.2) is 37.1 Å². The maximum Gasteiger partial charge on any atom is 0.0221 e. The summed E-state index contributed by atoms with van der Waals surface area (Å²) in [4.78, 5) is 2.67. The number of nitrogens with one attached hydrogen (secondary N) is 1. The molecule has 1 N–H and O–H groups in total. The fourth-order valence-corrected chi connectivity index (χ4v) is 2.45. The third kappa shape index (κ3) is 5.31. The first-order chi connectivity index (χ1) is 7.38. The van der Waals surface area contributed by atoms with Gasteiger partial charge in [-0.15, -0.1) is 0 Å². The zero-order valence-corrected chi connectivity index (χ0v) is 11.8. The molecule has 0 radical (unpaired) electrons. The molecule has 0 bridgehead atoms. The van der Waals surface area contributed by atoms with Crippen molar-refractivity contribution in [2.75, 3.05) is 26.2 Å². The zero-order valence-electron chi connectivity index (χ0n) is 11.8. The second kappa shape index (κ2) is 6.02. The van der Waals surface area contributed by atoms with Crippen molar-refractivity contribution in [3.05, 3.63) is 0 Å². The van der Waals surface area contributed by atoms with E-state index < -0.39 is 0 Å². The first-order valence-electron chi connectivity index (χ1n) is 6.83. The molecule has 2 heteroatoms. The van der Waals surface area contributed by atoms with Crippen LogP contribution < -0.4 is 5.32 Å². The van der Waals surface area contributed by atoms with Gasteiger partial charge in [-0.3, -0.25) is 4.90 Å². The molecule has 0 aromatic carbocycles. The van der Waals surface area contributed by atoms with Crippen molar-refractivity contribution < 1.29 is 0 Å². The lowest BCUT2D eigenvalue weighted by Gasteiger charge is -2.28. The van der Waals surface area contributed by atoms with E-state index in [1.807, 2.05) is 0 Å². The number of rotatable bonds is 5.